The summed E-state index contributed by atoms with van der Waals surface area (Å²) < 4.78 is 0. The highest BCUT2D eigenvalue weighted by Crippen LogP contribution is 2.09. The van der Waals surface area contributed by atoms with E-state index in [0.717, 1.165) is 0 Å². The van der Waals surface area contributed by atoms with Crippen LogP contribution in [0.3, 0.4) is 0 Å². The maximum atomic E-state index is 10.9. The Morgan fingerprint density at radius 1 is 1.38 bits per heavy atom. The summed E-state index contributed by atoms with van der Waals surface area (Å²) in [6, 6.07) is 0. The molecule has 0 heterocycles. The molecule has 0 aromatic heterocycles. The van der Waals surface area contributed by atoms with Crippen LogP contribution >= 0.6 is 0 Å². The van der Waals surface area contributed by atoms with Crippen molar-refractivity contribution in [1.29, 1.82) is 0 Å². The lowest BCUT2D eigenvalue weighted by Gasteiger charge is -2.10. The van der Waals surface area contributed by atoms with Crippen LogP contribution in [0.25, 0.3) is 0 Å². The zero-order chi connectivity index (χ0) is 10.4. The molecule has 1 unspecified atom stereocenters. The molecule has 0 fully saturated rings. The van der Waals surface area contributed by atoms with Gasteiger partial charge in [-0.2, -0.15) is 0 Å². The van der Waals surface area contributed by atoms with Crippen LogP contribution in [-0.4, -0.2) is 11.8 Å². The standard InChI is InChI=1S/C7H14N4O2/c1-4(6(12)10-8)3-5(2)7(13)11-9/h5H,1,3,8-9H2,2H3,(H,10,12)(H,11,13). The molecule has 6 nitrogen and oxygen atoms in total. The first-order valence-electron chi connectivity index (χ1n) is 3.72. The van der Waals surface area contributed by atoms with Gasteiger partial charge in [0.2, 0.25) is 5.91 Å². The van der Waals surface area contributed by atoms with Gasteiger partial charge in [0.05, 0.1) is 0 Å². The molecule has 0 aromatic carbocycles. The molecule has 1 atom stereocenters. The minimum absolute atomic E-state index is 0.228. The molecular formula is C7H14N4O2. The Morgan fingerprint density at radius 2 is 1.92 bits per heavy atom. The van der Waals surface area contributed by atoms with Crippen LogP contribution in [0, 0.1) is 5.92 Å². The summed E-state index contributed by atoms with van der Waals surface area (Å²) in [7, 11) is 0. The largest absolute Gasteiger partial charge is 0.294 e. The lowest BCUT2D eigenvalue weighted by Crippen LogP contribution is -2.36. The fourth-order valence-corrected chi connectivity index (χ4v) is 0.799. The number of nitrogens with two attached hydrogens (primary N) is 2. The Morgan fingerprint density at radius 3 is 2.31 bits per heavy atom. The monoisotopic (exact) mass is 186 g/mol. The third-order valence-corrected chi connectivity index (χ3v) is 1.59. The number of carbonyl (C=O) groups is 2. The minimum Gasteiger partial charge on any atom is -0.294 e. The van der Waals surface area contributed by atoms with Gasteiger partial charge in [-0.05, 0) is 6.42 Å². The summed E-state index contributed by atoms with van der Waals surface area (Å²) in [6.07, 6.45) is 0.228. The van der Waals surface area contributed by atoms with Gasteiger partial charge in [-0.25, -0.2) is 11.7 Å². The van der Waals surface area contributed by atoms with Gasteiger partial charge in [0.1, 0.15) is 0 Å². The molecule has 0 aromatic rings. The zero-order valence-corrected chi connectivity index (χ0v) is 7.46. The topological polar surface area (TPSA) is 110 Å². The molecule has 0 saturated carbocycles. The first kappa shape index (κ1) is 11.6. The first-order valence-corrected chi connectivity index (χ1v) is 3.72. The second-order valence-corrected chi connectivity index (χ2v) is 2.69. The number of amides is 2. The SMILES string of the molecule is C=C(CC(C)C(=O)NN)C(=O)NN. The third kappa shape index (κ3) is 3.68. The number of carbonyl (C=O) groups excluding carboxylic acids is 2. The first-order chi connectivity index (χ1) is 6.02. The molecular weight excluding hydrogens is 172 g/mol. The van der Waals surface area contributed by atoms with Gasteiger partial charge >= 0.3 is 0 Å². The highest BCUT2D eigenvalue weighted by Gasteiger charge is 2.15. The summed E-state index contributed by atoms with van der Waals surface area (Å²) in [5, 5.41) is 0. The molecule has 0 saturated heterocycles. The molecule has 13 heavy (non-hydrogen) atoms. The molecule has 6 heteroatoms. The normalized spacial score (nSPS) is 11.6. The van der Waals surface area contributed by atoms with Crippen molar-refractivity contribution in [2.45, 2.75) is 13.3 Å². The van der Waals surface area contributed by atoms with E-state index in [-0.39, 0.29) is 17.9 Å². The van der Waals surface area contributed by atoms with Crippen LogP contribution in [0.2, 0.25) is 0 Å². The Hall–Kier alpha value is -1.40. The van der Waals surface area contributed by atoms with Crippen LogP contribution < -0.4 is 22.5 Å². The summed E-state index contributed by atoms with van der Waals surface area (Å²) in [5.41, 5.74) is 4.16. The van der Waals surface area contributed by atoms with Crippen molar-refractivity contribution in [2.24, 2.45) is 17.6 Å². The van der Waals surface area contributed by atoms with E-state index in [4.69, 9.17) is 11.7 Å². The van der Waals surface area contributed by atoms with Crippen LogP contribution in [0.4, 0.5) is 0 Å². The van der Waals surface area contributed by atoms with Gasteiger partial charge in [0, 0.05) is 11.5 Å². The van der Waals surface area contributed by atoms with Crippen LogP contribution in [0.5, 0.6) is 0 Å². The summed E-state index contributed by atoms with van der Waals surface area (Å²) in [6.45, 7) is 5.11. The highest BCUT2D eigenvalue weighted by atomic mass is 16.2. The summed E-state index contributed by atoms with van der Waals surface area (Å²) in [5.74, 6) is 8.56. The summed E-state index contributed by atoms with van der Waals surface area (Å²) >= 11 is 0. The predicted molar refractivity (Wildman–Crippen MR) is 47.6 cm³/mol. The molecule has 0 radical (unpaired) electrons. The number of hydrogen-bond donors (Lipinski definition) is 4. The maximum Gasteiger partial charge on any atom is 0.260 e. The Balaban J connectivity index is 4.06. The maximum absolute atomic E-state index is 10.9. The fraction of sp³-hybridized carbons (Fsp3) is 0.429. The predicted octanol–water partition coefficient (Wildman–Crippen LogP) is -1.45. The van der Waals surface area contributed by atoms with E-state index in [1.807, 2.05) is 10.9 Å². The highest BCUT2D eigenvalue weighted by molar-refractivity contribution is 5.93. The fourth-order valence-electron chi connectivity index (χ4n) is 0.799. The van der Waals surface area contributed by atoms with Crippen molar-refractivity contribution in [3.8, 4) is 0 Å². The third-order valence-electron chi connectivity index (χ3n) is 1.59. The van der Waals surface area contributed by atoms with E-state index in [1.165, 1.54) is 0 Å². The van der Waals surface area contributed by atoms with Crippen LogP contribution in [0.15, 0.2) is 12.2 Å². The van der Waals surface area contributed by atoms with E-state index in [9.17, 15) is 9.59 Å². The zero-order valence-electron chi connectivity index (χ0n) is 7.46. The van der Waals surface area contributed by atoms with Crippen LogP contribution in [0.1, 0.15) is 13.3 Å². The molecule has 0 spiro atoms. The van der Waals surface area contributed by atoms with E-state index >= 15 is 0 Å². The smallest absolute Gasteiger partial charge is 0.260 e. The minimum atomic E-state index is -0.475. The molecule has 0 aliphatic rings. The van der Waals surface area contributed by atoms with Crippen molar-refractivity contribution in [1.82, 2.24) is 10.9 Å². The quantitative estimate of drug-likeness (QED) is 0.186. The second kappa shape index (κ2) is 5.28. The van der Waals surface area contributed by atoms with Gasteiger partial charge in [-0.3, -0.25) is 20.4 Å². The van der Waals surface area contributed by atoms with E-state index in [2.05, 4.69) is 6.58 Å². The van der Waals surface area contributed by atoms with Crippen LogP contribution in [-0.2, 0) is 9.59 Å². The van der Waals surface area contributed by atoms with Gasteiger partial charge < -0.3 is 0 Å². The average Bonchev–Trinajstić information content (AvgIpc) is 2.14. The lowest BCUT2D eigenvalue weighted by molar-refractivity contribution is -0.124. The number of hydrazine groups is 2. The van der Waals surface area contributed by atoms with Gasteiger partial charge in [-0.15, -0.1) is 0 Å². The average molecular weight is 186 g/mol. The molecule has 74 valence electrons. The number of nitrogens with one attached hydrogen (secondary N) is 2. The number of hydrogen-bond acceptors (Lipinski definition) is 4. The van der Waals surface area contributed by atoms with Crippen molar-refractivity contribution in [3.05, 3.63) is 12.2 Å². The van der Waals surface area contributed by atoms with E-state index in [1.54, 1.807) is 6.92 Å². The van der Waals surface area contributed by atoms with Gasteiger partial charge in [0.15, 0.2) is 0 Å². The van der Waals surface area contributed by atoms with E-state index < -0.39 is 11.8 Å². The molecule has 0 aliphatic carbocycles. The molecule has 0 aliphatic heterocycles. The second-order valence-electron chi connectivity index (χ2n) is 2.69. The Kier molecular flexibility index (Phi) is 4.71. The lowest BCUT2D eigenvalue weighted by atomic mass is 10.0. The summed E-state index contributed by atoms with van der Waals surface area (Å²) in [4.78, 5) is 21.8. The van der Waals surface area contributed by atoms with Crippen molar-refractivity contribution in [3.63, 3.8) is 0 Å². The van der Waals surface area contributed by atoms with Gasteiger partial charge in [-0.1, -0.05) is 13.5 Å². The Bertz CT molecular complexity index is 227. The Labute approximate surface area is 76.3 Å². The molecule has 2 amide bonds. The number of rotatable bonds is 4. The van der Waals surface area contributed by atoms with E-state index in [0.29, 0.717) is 0 Å². The van der Waals surface area contributed by atoms with Crippen molar-refractivity contribution in [2.75, 3.05) is 0 Å². The van der Waals surface area contributed by atoms with Crippen molar-refractivity contribution >= 4 is 11.8 Å². The molecule has 6 N–H and O–H groups in total. The molecule has 0 rings (SSSR count). The molecule has 0 bridgehead atoms. The van der Waals surface area contributed by atoms with Gasteiger partial charge in [0.25, 0.3) is 5.91 Å². The van der Waals surface area contributed by atoms with Crippen molar-refractivity contribution < 1.29 is 9.59 Å².